The standard InChI is InChI=1S/C19H24O2/c20-8-10-1-2-14-15(5-10)17-7-16(14)18-12-3-11(9-21)4-13(6-12)19(17)18/h7-15,17-19H,1-6H2. The molecule has 5 aliphatic rings. The summed E-state index contributed by atoms with van der Waals surface area (Å²) in [5, 5.41) is 0. The third-order valence-corrected chi connectivity index (χ3v) is 7.75. The van der Waals surface area contributed by atoms with Gasteiger partial charge in [-0.2, -0.15) is 0 Å². The van der Waals surface area contributed by atoms with Gasteiger partial charge in [-0.05, 0) is 80.0 Å². The van der Waals surface area contributed by atoms with E-state index < -0.39 is 0 Å². The molecule has 0 aromatic rings. The van der Waals surface area contributed by atoms with Gasteiger partial charge in [-0.25, -0.2) is 0 Å². The highest BCUT2D eigenvalue weighted by Crippen LogP contribution is 2.68. The van der Waals surface area contributed by atoms with E-state index >= 15 is 0 Å². The highest BCUT2D eigenvalue weighted by molar-refractivity contribution is 5.55. The topological polar surface area (TPSA) is 34.1 Å². The van der Waals surface area contributed by atoms with Gasteiger partial charge < -0.3 is 9.59 Å². The van der Waals surface area contributed by atoms with Crippen molar-refractivity contribution < 1.29 is 9.59 Å². The van der Waals surface area contributed by atoms with E-state index in [2.05, 4.69) is 6.08 Å². The van der Waals surface area contributed by atoms with Gasteiger partial charge in [0.15, 0.2) is 0 Å². The number of hydrogen-bond acceptors (Lipinski definition) is 2. The average Bonchev–Trinajstić information content (AvgIpc) is 3.16. The van der Waals surface area contributed by atoms with Gasteiger partial charge in [-0.15, -0.1) is 0 Å². The van der Waals surface area contributed by atoms with Gasteiger partial charge in [0.25, 0.3) is 0 Å². The minimum Gasteiger partial charge on any atom is -0.303 e. The molecule has 2 heteroatoms. The van der Waals surface area contributed by atoms with Gasteiger partial charge in [0.05, 0.1) is 0 Å². The molecule has 2 nitrogen and oxygen atoms in total. The maximum absolute atomic E-state index is 11.3. The zero-order valence-corrected chi connectivity index (χ0v) is 12.5. The average molecular weight is 284 g/mol. The minimum atomic E-state index is 0.321. The normalized spacial score (nSPS) is 56.6. The first-order valence-corrected chi connectivity index (χ1v) is 8.92. The van der Waals surface area contributed by atoms with Crippen LogP contribution in [0.4, 0.5) is 0 Å². The lowest BCUT2D eigenvalue weighted by molar-refractivity contribution is -0.113. The molecule has 9 atom stereocenters. The number of allylic oxidation sites excluding steroid dienone is 2. The third-order valence-electron chi connectivity index (χ3n) is 7.75. The summed E-state index contributed by atoms with van der Waals surface area (Å²) in [5.41, 5.74) is 1.78. The molecule has 4 bridgehead atoms. The molecule has 0 aliphatic heterocycles. The van der Waals surface area contributed by atoms with E-state index in [1.54, 1.807) is 5.57 Å². The van der Waals surface area contributed by atoms with Crippen molar-refractivity contribution in [2.75, 3.05) is 0 Å². The summed E-state index contributed by atoms with van der Waals surface area (Å²) in [5.74, 6) is 6.20. The fourth-order valence-corrected chi connectivity index (χ4v) is 7.26. The number of fused-ring (bicyclic) bond motifs is 11. The van der Waals surface area contributed by atoms with E-state index in [0.29, 0.717) is 11.8 Å². The predicted octanol–water partition coefficient (Wildman–Crippen LogP) is 3.27. The summed E-state index contributed by atoms with van der Waals surface area (Å²) in [6.45, 7) is 0. The van der Waals surface area contributed by atoms with Crippen LogP contribution in [0.1, 0.15) is 38.5 Å². The van der Waals surface area contributed by atoms with Gasteiger partial charge in [0.1, 0.15) is 12.6 Å². The number of carbonyl (C=O) groups excluding carboxylic acids is 2. The number of aldehydes is 2. The second kappa shape index (κ2) is 4.30. The SMILES string of the molecule is O=CC1CC2CC(C1)C1C3C=C(C4CCC(C=O)CC43)C21. The first-order chi connectivity index (χ1) is 10.3. The molecular formula is C19H24O2. The molecular weight excluding hydrogens is 260 g/mol. The molecule has 0 aromatic carbocycles. The molecule has 3 saturated carbocycles. The van der Waals surface area contributed by atoms with Crippen LogP contribution in [-0.4, -0.2) is 12.6 Å². The lowest BCUT2D eigenvalue weighted by Gasteiger charge is -2.44. The molecule has 112 valence electrons. The summed E-state index contributed by atoms with van der Waals surface area (Å²) < 4.78 is 0. The molecule has 5 rings (SSSR count). The van der Waals surface area contributed by atoms with Crippen molar-refractivity contribution in [3.63, 3.8) is 0 Å². The third kappa shape index (κ3) is 1.54. The van der Waals surface area contributed by atoms with Crippen molar-refractivity contribution >= 4 is 12.6 Å². The van der Waals surface area contributed by atoms with Crippen molar-refractivity contribution in [3.8, 4) is 0 Å². The molecule has 0 amide bonds. The van der Waals surface area contributed by atoms with Gasteiger partial charge >= 0.3 is 0 Å². The van der Waals surface area contributed by atoms with Crippen LogP contribution in [0.2, 0.25) is 0 Å². The van der Waals surface area contributed by atoms with Crippen molar-refractivity contribution in [3.05, 3.63) is 11.6 Å². The monoisotopic (exact) mass is 284 g/mol. The fourth-order valence-electron chi connectivity index (χ4n) is 7.26. The van der Waals surface area contributed by atoms with Crippen LogP contribution in [0.25, 0.3) is 0 Å². The molecule has 21 heavy (non-hydrogen) atoms. The van der Waals surface area contributed by atoms with Crippen LogP contribution >= 0.6 is 0 Å². The Morgan fingerprint density at radius 2 is 1.71 bits per heavy atom. The Morgan fingerprint density at radius 1 is 0.905 bits per heavy atom. The summed E-state index contributed by atoms with van der Waals surface area (Å²) >= 11 is 0. The van der Waals surface area contributed by atoms with Gasteiger partial charge in [0.2, 0.25) is 0 Å². The van der Waals surface area contributed by atoms with Crippen molar-refractivity contribution in [1.82, 2.24) is 0 Å². The van der Waals surface area contributed by atoms with Gasteiger partial charge in [-0.3, -0.25) is 0 Å². The fraction of sp³-hybridized carbons (Fsp3) is 0.789. The summed E-state index contributed by atoms with van der Waals surface area (Å²) in [4.78, 5) is 22.4. The van der Waals surface area contributed by atoms with Crippen molar-refractivity contribution in [2.24, 2.45) is 53.3 Å². The smallest absolute Gasteiger partial charge is 0.123 e. The summed E-state index contributed by atoms with van der Waals surface area (Å²) in [6, 6.07) is 0. The maximum atomic E-state index is 11.3. The van der Waals surface area contributed by atoms with Crippen LogP contribution in [0.3, 0.4) is 0 Å². The lowest BCUT2D eigenvalue weighted by atomic mass is 9.60. The maximum Gasteiger partial charge on any atom is 0.123 e. The van der Waals surface area contributed by atoms with Crippen LogP contribution in [0, 0.1) is 53.3 Å². The Morgan fingerprint density at radius 3 is 2.52 bits per heavy atom. The number of hydrogen-bond donors (Lipinski definition) is 0. The lowest BCUT2D eigenvalue weighted by Crippen LogP contribution is -2.38. The molecule has 9 unspecified atom stereocenters. The van der Waals surface area contributed by atoms with Crippen LogP contribution < -0.4 is 0 Å². The quantitative estimate of drug-likeness (QED) is 0.576. The molecule has 0 radical (unpaired) electrons. The Hall–Kier alpha value is -0.920. The Bertz CT molecular complexity index is 522. The zero-order chi connectivity index (χ0) is 14.1. The Labute approximate surface area is 126 Å². The van der Waals surface area contributed by atoms with Crippen LogP contribution in [0.15, 0.2) is 11.6 Å². The highest BCUT2D eigenvalue weighted by atomic mass is 16.1. The molecule has 0 N–H and O–H groups in total. The first-order valence-electron chi connectivity index (χ1n) is 8.92. The number of carbonyl (C=O) groups is 2. The molecule has 0 spiro atoms. The van der Waals surface area contributed by atoms with Crippen molar-refractivity contribution in [1.29, 1.82) is 0 Å². The Balaban J connectivity index is 1.46. The molecule has 0 saturated heterocycles. The largest absolute Gasteiger partial charge is 0.303 e. The first kappa shape index (κ1) is 12.6. The minimum absolute atomic E-state index is 0.321. The van der Waals surface area contributed by atoms with E-state index in [9.17, 15) is 9.59 Å². The predicted molar refractivity (Wildman–Crippen MR) is 79.3 cm³/mol. The van der Waals surface area contributed by atoms with E-state index in [4.69, 9.17) is 0 Å². The molecule has 0 heterocycles. The summed E-state index contributed by atoms with van der Waals surface area (Å²) in [7, 11) is 0. The number of rotatable bonds is 2. The van der Waals surface area contributed by atoms with Gasteiger partial charge in [0, 0.05) is 11.8 Å². The molecule has 5 aliphatic carbocycles. The van der Waals surface area contributed by atoms with E-state index in [1.165, 1.54) is 25.4 Å². The van der Waals surface area contributed by atoms with Gasteiger partial charge in [-0.1, -0.05) is 11.6 Å². The zero-order valence-electron chi connectivity index (χ0n) is 12.5. The van der Waals surface area contributed by atoms with E-state index in [1.807, 2.05) is 0 Å². The second-order valence-corrected chi connectivity index (χ2v) is 8.45. The van der Waals surface area contributed by atoms with E-state index in [0.717, 1.165) is 67.1 Å². The molecule has 3 fully saturated rings. The van der Waals surface area contributed by atoms with Crippen LogP contribution in [0.5, 0.6) is 0 Å². The van der Waals surface area contributed by atoms with Crippen LogP contribution in [-0.2, 0) is 9.59 Å². The Kier molecular flexibility index (Phi) is 2.58. The highest BCUT2D eigenvalue weighted by Gasteiger charge is 2.61. The molecule has 0 aromatic heterocycles. The second-order valence-electron chi connectivity index (χ2n) is 8.45. The van der Waals surface area contributed by atoms with Crippen molar-refractivity contribution in [2.45, 2.75) is 38.5 Å². The van der Waals surface area contributed by atoms with E-state index in [-0.39, 0.29) is 0 Å². The summed E-state index contributed by atoms with van der Waals surface area (Å²) in [6.07, 6.45) is 12.2.